The minimum Gasteiger partial charge on any atom is -0.379 e. The Morgan fingerprint density at radius 1 is 1.18 bits per heavy atom. The predicted octanol–water partition coefficient (Wildman–Crippen LogP) is -0.766. The van der Waals surface area contributed by atoms with E-state index < -0.39 is 10.2 Å². The summed E-state index contributed by atoms with van der Waals surface area (Å²) in [6.45, 7) is 3.67. The second kappa shape index (κ2) is 5.62. The van der Waals surface area contributed by atoms with Crippen LogP contribution in [0.5, 0.6) is 0 Å². The molecule has 0 spiro atoms. The molecule has 0 aromatic carbocycles. The van der Waals surface area contributed by atoms with Crippen LogP contribution in [0.4, 0.5) is 0 Å². The molecule has 0 amide bonds. The Morgan fingerprint density at radius 3 is 2.53 bits per heavy atom. The number of ether oxygens (including phenoxy) is 1. The van der Waals surface area contributed by atoms with Crippen LogP contribution in [0.25, 0.3) is 0 Å². The lowest BCUT2D eigenvalue weighted by molar-refractivity contribution is 0.0691. The predicted molar refractivity (Wildman–Crippen MR) is 64.7 cm³/mol. The standard InChI is InChI=1S/C10H21N3O3S/c11-8-10-2-1-3-13(9-10)17(14,15)12-4-6-16-7-5-12/h10H,1-9,11H2. The number of nitrogens with two attached hydrogens (primary N) is 1. The van der Waals surface area contributed by atoms with Gasteiger partial charge in [-0.1, -0.05) is 0 Å². The average Bonchev–Trinajstić information content (AvgIpc) is 2.40. The van der Waals surface area contributed by atoms with E-state index in [9.17, 15) is 8.42 Å². The SMILES string of the molecule is NCC1CCCN(S(=O)(=O)N2CCOCC2)C1. The molecule has 7 heteroatoms. The molecular formula is C10H21N3O3S. The molecule has 0 aromatic rings. The summed E-state index contributed by atoms with van der Waals surface area (Å²) in [5.74, 6) is 0.305. The van der Waals surface area contributed by atoms with Gasteiger partial charge in [0.2, 0.25) is 0 Å². The zero-order chi connectivity index (χ0) is 12.3. The van der Waals surface area contributed by atoms with E-state index in [2.05, 4.69) is 0 Å². The fraction of sp³-hybridized carbons (Fsp3) is 1.00. The van der Waals surface area contributed by atoms with Gasteiger partial charge in [-0.3, -0.25) is 0 Å². The quantitative estimate of drug-likeness (QED) is 0.726. The second-order valence-corrected chi connectivity index (χ2v) is 6.55. The highest BCUT2D eigenvalue weighted by atomic mass is 32.2. The molecule has 0 aromatic heterocycles. The molecule has 2 aliphatic rings. The molecule has 100 valence electrons. The smallest absolute Gasteiger partial charge is 0.282 e. The first kappa shape index (κ1) is 13.2. The van der Waals surface area contributed by atoms with Crippen molar-refractivity contribution in [2.75, 3.05) is 45.9 Å². The first-order valence-corrected chi connectivity index (χ1v) is 7.57. The van der Waals surface area contributed by atoms with Crippen LogP contribution in [-0.2, 0) is 14.9 Å². The zero-order valence-electron chi connectivity index (χ0n) is 10.0. The number of hydrogen-bond donors (Lipinski definition) is 1. The third-order valence-electron chi connectivity index (χ3n) is 3.44. The molecule has 1 unspecified atom stereocenters. The molecule has 17 heavy (non-hydrogen) atoms. The summed E-state index contributed by atoms with van der Waals surface area (Å²) >= 11 is 0. The zero-order valence-corrected chi connectivity index (χ0v) is 10.9. The van der Waals surface area contributed by atoms with Gasteiger partial charge in [-0.15, -0.1) is 0 Å². The average molecular weight is 263 g/mol. The lowest BCUT2D eigenvalue weighted by Crippen LogP contribution is -2.51. The molecular weight excluding hydrogens is 242 g/mol. The van der Waals surface area contributed by atoms with Gasteiger partial charge in [-0.05, 0) is 25.3 Å². The van der Waals surface area contributed by atoms with Gasteiger partial charge in [0.25, 0.3) is 10.2 Å². The van der Waals surface area contributed by atoms with E-state index >= 15 is 0 Å². The summed E-state index contributed by atoms with van der Waals surface area (Å²) in [6, 6.07) is 0. The normalized spacial score (nSPS) is 29.4. The van der Waals surface area contributed by atoms with Gasteiger partial charge in [0.15, 0.2) is 0 Å². The highest BCUT2D eigenvalue weighted by Crippen LogP contribution is 2.20. The number of rotatable bonds is 3. The van der Waals surface area contributed by atoms with Crippen molar-refractivity contribution in [3.63, 3.8) is 0 Å². The Morgan fingerprint density at radius 2 is 1.88 bits per heavy atom. The van der Waals surface area contributed by atoms with Crippen LogP contribution in [0.1, 0.15) is 12.8 Å². The molecule has 0 bridgehead atoms. The number of piperidine rings is 1. The van der Waals surface area contributed by atoms with Crippen molar-refractivity contribution < 1.29 is 13.2 Å². The Balaban J connectivity index is 2.03. The van der Waals surface area contributed by atoms with Crippen molar-refractivity contribution >= 4 is 10.2 Å². The van der Waals surface area contributed by atoms with Crippen LogP contribution >= 0.6 is 0 Å². The van der Waals surface area contributed by atoms with E-state index in [1.54, 1.807) is 4.31 Å². The van der Waals surface area contributed by atoms with Crippen LogP contribution in [0.2, 0.25) is 0 Å². The molecule has 2 aliphatic heterocycles. The van der Waals surface area contributed by atoms with Crippen LogP contribution in [0.3, 0.4) is 0 Å². The largest absolute Gasteiger partial charge is 0.379 e. The van der Waals surface area contributed by atoms with Crippen LogP contribution in [-0.4, -0.2) is 63.0 Å². The van der Waals surface area contributed by atoms with Gasteiger partial charge in [-0.2, -0.15) is 17.0 Å². The summed E-state index contributed by atoms with van der Waals surface area (Å²) < 4.78 is 33.0. The second-order valence-electron chi connectivity index (χ2n) is 4.62. The summed E-state index contributed by atoms with van der Waals surface area (Å²) in [5.41, 5.74) is 5.63. The number of hydrogen-bond acceptors (Lipinski definition) is 4. The van der Waals surface area contributed by atoms with Crippen LogP contribution in [0.15, 0.2) is 0 Å². The molecule has 2 rings (SSSR count). The molecule has 0 aliphatic carbocycles. The Labute approximate surface area is 103 Å². The molecule has 2 saturated heterocycles. The topological polar surface area (TPSA) is 75.9 Å². The van der Waals surface area contributed by atoms with E-state index in [-0.39, 0.29) is 0 Å². The Kier molecular flexibility index (Phi) is 4.37. The minimum absolute atomic E-state index is 0.305. The first-order valence-electron chi connectivity index (χ1n) is 6.17. The summed E-state index contributed by atoms with van der Waals surface area (Å²) in [5, 5.41) is 0. The Bertz CT molecular complexity index is 341. The fourth-order valence-corrected chi connectivity index (χ4v) is 4.07. The van der Waals surface area contributed by atoms with Crippen molar-refractivity contribution in [1.29, 1.82) is 0 Å². The number of nitrogens with zero attached hydrogens (tertiary/aromatic N) is 2. The fourth-order valence-electron chi connectivity index (χ4n) is 2.37. The van der Waals surface area contributed by atoms with Gasteiger partial charge < -0.3 is 10.5 Å². The molecule has 0 radical (unpaired) electrons. The van der Waals surface area contributed by atoms with Gasteiger partial charge >= 0.3 is 0 Å². The van der Waals surface area contributed by atoms with E-state index in [1.165, 1.54) is 4.31 Å². The molecule has 2 heterocycles. The molecule has 0 saturated carbocycles. The molecule has 6 nitrogen and oxygen atoms in total. The maximum Gasteiger partial charge on any atom is 0.282 e. The first-order chi connectivity index (χ1) is 8.14. The highest BCUT2D eigenvalue weighted by molar-refractivity contribution is 7.86. The highest BCUT2D eigenvalue weighted by Gasteiger charge is 2.33. The van der Waals surface area contributed by atoms with Crippen LogP contribution < -0.4 is 5.73 Å². The van der Waals surface area contributed by atoms with E-state index in [1.807, 2.05) is 0 Å². The van der Waals surface area contributed by atoms with Crippen molar-refractivity contribution in [1.82, 2.24) is 8.61 Å². The maximum absolute atomic E-state index is 12.4. The van der Waals surface area contributed by atoms with Gasteiger partial charge in [0, 0.05) is 26.2 Å². The van der Waals surface area contributed by atoms with Crippen molar-refractivity contribution in [3.05, 3.63) is 0 Å². The Hall–Kier alpha value is -0.210. The lowest BCUT2D eigenvalue weighted by atomic mass is 10.0. The lowest BCUT2D eigenvalue weighted by Gasteiger charge is -2.36. The van der Waals surface area contributed by atoms with Gasteiger partial charge in [0.05, 0.1) is 13.2 Å². The summed E-state index contributed by atoms with van der Waals surface area (Å²) in [6.07, 6.45) is 1.94. The monoisotopic (exact) mass is 263 g/mol. The van der Waals surface area contributed by atoms with Crippen LogP contribution in [0, 0.1) is 5.92 Å². The molecule has 1 atom stereocenters. The van der Waals surface area contributed by atoms with Crippen molar-refractivity contribution in [2.24, 2.45) is 11.7 Å². The third kappa shape index (κ3) is 2.97. The van der Waals surface area contributed by atoms with E-state index in [0.717, 1.165) is 12.8 Å². The summed E-state index contributed by atoms with van der Waals surface area (Å²) in [7, 11) is -3.30. The number of morpholine rings is 1. The maximum atomic E-state index is 12.4. The van der Waals surface area contributed by atoms with Gasteiger partial charge in [-0.25, -0.2) is 0 Å². The minimum atomic E-state index is -3.30. The van der Waals surface area contributed by atoms with E-state index in [4.69, 9.17) is 10.5 Å². The van der Waals surface area contributed by atoms with Gasteiger partial charge in [0.1, 0.15) is 0 Å². The molecule has 2 N–H and O–H groups in total. The molecule has 2 fully saturated rings. The third-order valence-corrected chi connectivity index (χ3v) is 5.44. The summed E-state index contributed by atoms with van der Waals surface area (Å²) in [4.78, 5) is 0. The van der Waals surface area contributed by atoms with Crippen molar-refractivity contribution in [2.45, 2.75) is 12.8 Å². The van der Waals surface area contributed by atoms with E-state index in [0.29, 0.717) is 51.9 Å². The van der Waals surface area contributed by atoms with Crippen molar-refractivity contribution in [3.8, 4) is 0 Å².